The minimum Gasteiger partial charge on any atom is -0.449 e. The number of hydrogen-bond acceptors (Lipinski definition) is 7. The first-order valence-corrected chi connectivity index (χ1v) is 11.6. The van der Waals surface area contributed by atoms with E-state index in [4.69, 9.17) is 25.5 Å². The van der Waals surface area contributed by atoms with E-state index in [1.54, 1.807) is 72.7 Å². The SMILES string of the molecule is C[C@@H]1CN(C(=O)OC(C)(C)C)c2c(oc3ccc4nc(Cl)ccc4c23)C(=O)N1C(=O)OC(C)(C)C. The van der Waals surface area contributed by atoms with E-state index in [2.05, 4.69) is 4.98 Å². The Bertz CT molecular complexity index is 1350. The first kappa shape index (κ1) is 24.8. The van der Waals surface area contributed by atoms with Gasteiger partial charge in [0.25, 0.3) is 0 Å². The fourth-order valence-corrected chi connectivity index (χ4v) is 4.12. The van der Waals surface area contributed by atoms with Crippen LogP contribution in [-0.2, 0) is 9.47 Å². The summed E-state index contributed by atoms with van der Waals surface area (Å²) in [5, 5.41) is 1.44. The second kappa shape index (κ2) is 8.41. The molecule has 0 N–H and O–H groups in total. The molecule has 3 amide bonds. The van der Waals surface area contributed by atoms with Crippen LogP contribution in [0.3, 0.4) is 0 Å². The molecule has 0 fully saturated rings. The molecular formula is C25H28ClN3O6. The van der Waals surface area contributed by atoms with Gasteiger partial charge in [-0.1, -0.05) is 11.6 Å². The summed E-state index contributed by atoms with van der Waals surface area (Å²) in [6, 6.07) is 6.00. The van der Waals surface area contributed by atoms with Gasteiger partial charge in [-0.15, -0.1) is 0 Å². The third-order valence-corrected chi connectivity index (χ3v) is 5.45. The number of amides is 3. The monoisotopic (exact) mass is 501 g/mol. The molecule has 0 bridgehead atoms. The van der Waals surface area contributed by atoms with E-state index < -0.39 is 35.3 Å². The zero-order valence-electron chi connectivity index (χ0n) is 20.8. The number of carbonyl (C=O) groups excluding carboxylic acids is 3. The summed E-state index contributed by atoms with van der Waals surface area (Å²) in [4.78, 5) is 46.8. The van der Waals surface area contributed by atoms with Crippen LogP contribution < -0.4 is 4.90 Å². The fourth-order valence-electron chi connectivity index (χ4n) is 3.97. The van der Waals surface area contributed by atoms with E-state index in [0.29, 0.717) is 27.0 Å². The Labute approximate surface area is 207 Å². The van der Waals surface area contributed by atoms with Crippen molar-refractivity contribution in [2.45, 2.75) is 65.7 Å². The van der Waals surface area contributed by atoms with E-state index >= 15 is 0 Å². The van der Waals surface area contributed by atoms with Crippen molar-refractivity contribution in [1.82, 2.24) is 9.88 Å². The number of hydrogen-bond donors (Lipinski definition) is 0. The Hall–Kier alpha value is -3.33. The minimum atomic E-state index is -0.828. The molecule has 1 aliphatic heterocycles. The number of benzene rings is 1. The molecule has 2 aromatic heterocycles. The maximum atomic E-state index is 13.7. The topological polar surface area (TPSA) is 102 Å². The summed E-state index contributed by atoms with van der Waals surface area (Å²) in [6.45, 7) is 12.0. The molecule has 1 atom stereocenters. The minimum absolute atomic E-state index is 0.0288. The number of anilines is 1. The van der Waals surface area contributed by atoms with Gasteiger partial charge < -0.3 is 13.9 Å². The lowest BCUT2D eigenvalue weighted by Gasteiger charge is -2.31. The van der Waals surface area contributed by atoms with Crippen LogP contribution in [0.4, 0.5) is 15.3 Å². The number of carbonyl (C=O) groups is 3. The third-order valence-electron chi connectivity index (χ3n) is 5.24. The molecule has 0 aliphatic carbocycles. The summed E-state index contributed by atoms with van der Waals surface area (Å²) >= 11 is 6.08. The van der Waals surface area contributed by atoms with Crippen molar-refractivity contribution in [3.05, 3.63) is 35.2 Å². The van der Waals surface area contributed by atoms with Crippen molar-refractivity contribution in [2.75, 3.05) is 11.4 Å². The summed E-state index contributed by atoms with van der Waals surface area (Å²) in [5.74, 6) is -0.873. The normalized spacial score (nSPS) is 16.9. The Morgan fingerprint density at radius 1 is 1.03 bits per heavy atom. The first-order valence-electron chi connectivity index (χ1n) is 11.2. The van der Waals surface area contributed by atoms with Gasteiger partial charge in [0.1, 0.15) is 27.6 Å². The molecule has 3 aromatic rings. The van der Waals surface area contributed by atoms with Gasteiger partial charge in [-0.3, -0.25) is 9.69 Å². The highest BCUT2D eigenvalue weighted by molar-refractivity contribution is 6.30. The van der Waals surface area contributed by atoms with E-state index in [-0.39, 0.29) is 18.0 Å². The number of pyridine rings is 1. The largest absolute Gasteiger partial charge is 0.449 e. The smallest absolute Gasteiger partial charge is 0.417 e. The highest BCUT2D eigenvalue weighted by atomic mass is 35.5. The molecule has 0 saturated heterocycles. The van der Waals surface area contributed by atoms with Crippen LogP contribution in [0, 0.1) is 0 Å². The van der Waals surface area contributed by atoms with Gasteiger partial charge in [0, 0.05) is 5.39 Å². The highest BCUT2D eigenvalue weighted by Crippen LogP contribution is 2.42. The number of aromatic nitrogens is 1. The van der Waals surface area contributed by atoms with Crippen LogP contribution in [0.5, 0.6) is 0 Å². The highest BCUT2D eigenvalue weighted by Gasteiger charge is 2.43. The number of halogens is 1. The lowest BCUT2D eigenvalue weighted by molar-refractivity contribution is 0.0172. The van der Waals surface area contributed by atoms with Crippen molar-refractivity contribution in [2.24, 2.45) is 0 Å². The average molecular weight is 502 g/mol. The van der Waals surface area contributed by atoms with Crippen molar-refractivity contribution >= 4 is 57.3 Å². The third kappa shape index (κ3) is 4.77. The quantitative estimate of drug-likeness (QED) is 0.340. The summed E-state index contributed by atoms with van der Waals surface area (Å²) < 4.78 is 17.1. The Balaban J connectivity index is 1.97. The molecular weight excluding hydrogens is 474 g/mol. The van der Waals surface area contributed by atoms with E-state index in [0.717, 1.165) is 4.90 Å². The molecule has 186 valence electrons. The van der Waals surface area contributed by atoms with Gasteiger partial charge in [-0.05, 0) is 72.7 Å². The van der Waals surface area contributed by atoms with Gasteiger partial charge in [0.2, 0.25) is 5.76 Å². The van der Waals surface area contributed by atoms with E-state index in [9.17, 15) is 14.4 Å². The Morgan fingerprint density at radius 3 is 2.29 bits per heavy atom. The summed E-state index contributed by atoms with van der Waals surface area (Å²) in [7, 11) is 0. The molecule has 0 unspecified atom stereocenters. The number of nitrogens with zero attached hydrogens (tertiary/aromatic N) is 3. The number of imide groups is 1. The standard InChI is InChI=1S/C25H28ClN3O6/c1-13-12-28(22(31)34-24(2,3)4)19-18-14-8-11-17(26)27-15(14)9-10-16(18)33-20(19)21(30)29(13)23(32)35-25(5,6)7/h8-11,13H,12H2,1-7H3/t13-/m1/s1. The molecule has 0 saturated carbocycles. The van der Waals surface area contributed by atoms with Gasteiger partial charge in [0.15, 0.2) is 0 Å². The van der Waals surface area contributed by atoms with Gasteiger partial charge in [-0.25, -0.2) is 19.5 Å². The lowest BCUT2D eigenvalue weighted by Crippen LogP contribution is -2.49. The Kier molecular flexibility index (Phi) is 5.95. The molecule has 1 aromatic carbocycles. The van der Waals surface area contributed by atoms with E-state index in [1.165, 1.54) is 4.90 Å². The molecule has 1 aliphatic rings. The second-order valence-electron chi connectivity index (χ2n) is 10.5. The molecule has 0 radical (unpaired) electrons. The molecule has 3 heterocycles. The molecule has 4 rings (SSSR count). The van der Waals surface area contributed by atoms with Crippen molar-refractivity contribution in [3.63, 3.8) is 0 Å². The van der Waals surface area contributed by atoms with E-state index in [1.807, 2.05) is 0 Å². The average Bonchev–Trinajstić information content (AvgIpc) is 3.04. The van der Waals surface area contributed by atoms with Crippen LogP contribution in [0.2, 0.25) is 5.15 Å². The van der Waals surface area contributed by atoms with Crippen LogP contribution >= 0.6 is 11.6 Å². The zero-order chi connectivity index (χ0) is 25.9. The lowest BCUT2D eigenvalue weighted by atomic mass is 10.1. The number of fused-ring (bicyclic) bond motifs is 5. The molecule has 9 nitrogen and oxygen atoms in total. The zero-order valence-corrected chi connectivity index (χ0v) is 21.5. The number of rotatable bonds is 0. The van der Waals surface area contributed by atoms with Gasteiger partial charge >= 0.3 is 18.1 Å². The van der Waals surface area contributed by atoms with Crippen LogP contribution in [0.1, 0.15) is 59.0 Å². The maximum Gasteiger partial charge on any atom is 0.417 e. The van der Waals surface area contributed by atoms with Gasteiger partial charge in [0.05, 0.1) is 23.5 Å². The summed E-state index contributed by atoms with van der Waals surface area (Å²) in [5.41, 5.74) is -0.490. The molecule has 35 heavy (non-hydrogen) atoms. The van der Waals surface area contributed by atoms with Crippen molar-refractivity contribution in [1.29, 1.82) is 0 Å². The molecule has 0 spiro atoms. The first-order chi connectivity index (χ1) is 16.2. The Morgan fingerprint density at radius 2 is 1.66 bits per heavy atom. The maximum absolute atomic E-state index is 13.7. The molecule has 10 heteroatoms. The van der Waals surface area contributed by atoms with Crippen LogP contribution in [0.25, 0.3) is 21.9 Å². The summed E-state index contributed by atoms with van der Waals surface area (Å²) in [6.07, 6.45) is -1.50. The number of furan rings is 1. The number of ether oxygens (including phenoxy) is 2. The van der Waals surface area contributed by atoms with Crippen LogP contribution in [-0.4, -0.2) is 51.8 Å². The predicted molar refractivity (Wildman–Crippen MR) is 132 cm³/mol. The predicted octanol–water partition coefficient (Wildman–Crippen LogP) is 6.16. The van der Waals surface area contributed by atoms with Crippen molar-refractivity contribution < 1.29 is 28.3 Å². The van der Waals surface area contributed by atoms with Gasteiger partial charge in [-0.2, -0.15) is 0 Å². The fraction of sp³-hybridized carbons (Fsp3) is 0.440. The second-order valence-corrected chi connectivity index (χ2v) is 10.9. The van der Waals surface area contributed by atoms with Crippen molar-refractivity contribution in [3.8, 4) is 0 Å². The van der Waals surface area contributed by atoms with Crippen LogP contribution in [0.15, 0.2) is 28.7 Å².